The Morgan fingerprint density at radius 3 is 2.61 bits per heavy atom. The van der Waals surface area contributed by atoms with Crippen LogP contribution in [0.15, 0.2) is 36.4 Å². The van der Waals surface area contributed by atoms with E-state index in [1.54, 1.807) is 25.1 Å². The molecule has 3 aliphatic carbocycles. The summed E-state index contributed by atoms with van der Waals surface area (Å²) >= 11 is 0. The maximum absolute atomic E-state index is 12.8. The van der Waals surface area contributed by atoms with Gasteiger partial charge in [-0.1, -0.05) is 18.2 Å². The minimum absolute atomic E-state index is 0.0108. The van der Waals surface area contributed by atoms with Crippen molar-refractivity contribution < 1.29 is 24.5 Å². The van der Waals surface area contributed by atoms with Crippen LogP contribution in [0.5, 0.6) is 11.5 Å². The Hall–Kier alpha value is -3.10. The van der Waals surface area contributed by atoms with Crippen LogP contribution in [-0.4, -0.2) is 63.8 Å². The van der Waals surface area contributed by atoms with Crippen LogP contribution >= 0.6 is 0 Å². The van der Waals surface area contributed by atoms with Crippen LogP contribution in [0.4, 0.5) is 0 Å². The number of hydrogen-bond acceptors (Lipinski definition) is 6. The molecule has 200 valence electrons. The van der Waals surface area contributed by atoms with Crippen molar-refractivity contribution in [1.82, 2.24) is 15.5 Å². The molecular formula is C30H35N3O5. The van der Waals surface area contributed by atoms with Crippen molar-refractivity contribution in [2.75, 3.05) is 13.1 Å². The third kappa shape index (κ3) is 3.35. The van der Waals surface area contributed by atoms with Crippen molar-refractivity contribution >= 4 is 11.9 Å². The Kier molecular flexibility index (Phi) is 5.33. The number of likely N-dealkylation sites (tertiary alicyclic amines) is 1. The fraction of sp³-hybridized carbons (Fsp3) is 0.533. The first-order valence-electron chi connectivity index (χ1n) is 13.9. The van der Waals surface area contributed by atoms with Crippen LogP contribution < -0.4 is 15.4 Å². The Morgan fingerprint density at radius 1 is 1.11 bits per heavy atom. The predicted octanol–water partition coefficient (Wildman–Crippen LogP) is 2.96. The van der Waals surface area contributed by atoms with E-state index in [4.69, 9.17) is 4.74 Å². The topological polar surface area (TPSA) is 111 Å². The smallest absolute Gasteiger partial charge is 0.335 e. The van der Waals surface area contributed by atoms with E-state index in [1.165, 1.54) is 18.4 Å². The molecule has 7 rings (SSSR count). The van der Waals surface area contributed by atoms with E-state index in [-0.39, 0.29) is 35.4 Å². The number of aromatic carboxylic acids is 1. The number of aromatic hydroxyl groups is 1. The molecule has 0 radical (unpaired) electrons. The maximum Gasteiger partial charge on any atom is 0.335 e. The summed E-state index contributed by atoms with van der Waals surface area (Å²) in [6.07, 6.45) is 5.75. The SMILES string of the molecule is CC(=O)N[C@@]12CCC(NCc3ccc(C(=O)O)cc3)C3Oc4c(O)ccc5c4[C@@]31CCN(CC1CC1)[C@@H]2C5. The van der Waals surface area contributed by atoms with E-state index < -0.39 is 16.9 Å². The normalized spacial score (nSPS) is 32.8. The number of carboxylic acid groups (broad SMARTS) is 1. The van der Waals surface area contributed by atoms with Gasteiger partial charge in [0.25, 0.3) is 0 Å². The van der Waals surface area contributed by atoms with E-state index in [0.717, 1.165) is 55.8 Å². The van der Waals surface area contributed by atoms with Gasteiger partial charge < -0.3 is 25.6 Å². The number of rotatable bonds is 7. The number of carboxylic acids is 1. The number of benzene rings is 2. The number of ether oxygens (including phenoxy) is 1. The lowest BCUT2D eigenvalue weighted by Gasteiger charge is -2.66. The number of carbonyl (C=O) groups excluding carboxylic acids is 1. The molecule has 2 unspecified atom stereocenters. The molecule has 0 aromatic heterocycles. The number of phenolic OH excluding ortho intramolecular Hbond substituents is 1. The molecule has 38 heavy (non-hydrogen) atoms. The number of hydrogen-bond donors (Lipinski definition) is 4. The number of phenols is 1. The standard InChI is InChI=1S/C30H35N3O5/c1-17(34)32-30-11-10-22(31-15-18-4-6-20(7-5-18)28(36)37)27-29(30)12-13-33(16-19-2-3-19)24(30)14-21-8-9-23(35)26(38-27)25(21)29/h4-9,19,22,24,27,31,35H,2-3,10-16H2,1H3,(H,32,34)(H,36,37)/t22?,24-,27?,29+,30-/m1/s1. The number of piperidine rings is 1. The molecule has 8 heteroatoms. The summed E-state index contributed by atoms with van der Waals surface area (Å²) in [5, 5.41) is 27.4. The van der Waals surface area contributed by atoms with Crippen molar-refractivity contribution in [3.63, 3.8) is 0 Å². The summed E-state index contributed by atoms with van der Waals surface area (Å²) in [5.41, 5.74) is 2.74. The van der Waals surface area contributed by atoms with Crippen molar-refractivity contribution in [3.05, 3.63) is 58.7 Å². The molecule has 5 atom stereocenters. The van der Waals surface area contributed by atoms with Crippen LogP contribution in [0, 0.1) is 5.92 Å². The number of carbonyl (C=O) groups is 2. The summed E-state index contributed by atoms with van der Waals surface area (Å²) in [4.78, 5) is 26.7. The van der Waals surface area contributed by atoms with Gasteiger partial charge in [0.05, 0.1) is 16.5 Å². The maximum atomic E-state index is 12.8. The highest BCUT2D eigenvalue weighted by molar-refractivity contribution is 5.87. The van der Waals surface area contributed by atoms with Gasteiger partial charge in [-0.2, -0.15) is 0 Å². The van der Waals surface area contributed by atoms with Crippen LogP contribution in [0.2, 0.25) is 0 Å². The molecule has 8 nitrogen and oxygen atoms in total. The highest BCUT2D eigenvalue weighted by Crippen LogP contribution is 2.65. The fourth-order valence-corrected chi connectivity index (χ4v) is 8.32. The Labute approximate surface area is 222 Å². The summed E-state index contributed by atoms with van der Waals surface area (Å²) in [6.45, 7) is 4.25. The lowest BCUT2D eigenvalue weighted by molar-refractivity contribution is -0.135. The van der Waals surface area contributed by atoms with E-state index in [2.05, 4.69) is 21.6 Å². The number of nitrogens with zero attached hydrogens (tertiary/aromatic N) is 1. The second-order valence-electron chi connectivity index (χ2n) is 12.0. The molecule has 2 saturated carbocycles. The van der Waals surface area contributed by atoms with Crippen LogP contribution in [0.3, 0.4) is 0 Å². The first kappa shape index (κ1) is 24.0. The highest BCUT2D eigenvalue weighted by Gasteiger charge is 2.73. The lowest BCUT2D eigenvalue weighted by Crippen LogP contribution is -2.82. The van der Waals surface area contributed by atoms with Gasteiger partial charge in [-0.25, -0.2) is 4.79 Å². The molecule has 4 N–H and O–H groups in total. The zero-order valence-corrected chi connectivity index (χ0v) is 21.7. The molecule has 5 aliphatic rings. The van der Waals surface area contributed by atoms with Gasteiger partial charge in [0.1, 0.15) is 6.10 Å². The molecule has 2 aromatic carbocycles. The summed E-state index contributed by atoms with van der Waals surface area (Å²) in [5.74, 6) is 0.583. The first-order valence-corrected chi connectivity index (χ1v) is 13.9. The monoisotopic (exact) mass is 517 g/mol. The first-order chi connectivity index (χ1) is 18.3. The highest BCUT2D eigenvalue weighted by atomic mass is 16.5. The van der Waals surface area contributed by atoms with Gasteiger partial charge in [-0.15, -0.1) is 0 Å². The number of nitrogens with one attached hydrogen (secondary N) is 2. The largest absolute Gasteiger partial charge is 0.504 e. The van der Waals surface area contributed by atoms with Crippen molar-refractivity contribution in [2.45, 2.75) is 81.1 Å². The zero-order chi connectivity index (χ0) is 26.2. The molecule has 3 fully saturated rings. The van der Waals surface area contributed by atoms with E-state index in [9.17, 15) is 19.8 Å². The third-order valence-corrected chi connectivity index (χ3v) is 9.99. The van der Waals surface area contributed by atoms with Gasteiger partial charge in [-0.3, -0.25) is 9.69 Å². The summed E-state index contributed by atoms with van der Waals surface area (Å²) in [7, 11) is 0. The number of amides is 1. The minimum Gasteiger partial charge on any atom is -0.504 e. The zero-order valence-electron chi connectivity index (χ0n) is 21.7. The molecule has 1 spiro atoms. The quantitative estimate of drug-likeness (QED) is 0.447. The minimum atomic E-state index is -0.933. The lowest BCUT2D eigenvalue weighted by atomic mass is 9.46. The van der Waals surface area contributed by atoms with E-state index in [0.29, 0.717) is 12.3 Å². The molecule has 2 aromatic rings. The summed E-state index contributed by atoms with van der Waals surface area (Å²) < 4.78 is 6.74. The Morgan fingerprint density at radius 2 is 1.89 bits per heavy atom. The third-order valence-electron chi connectivity index (χ3n) is 9.99. The van der Waals surface area contributed by atoms with Gasteiger partial charge >= 0.3 is 5.97 Å². The van der Waals surface area contributed by atoms with Crippen molar-refractivity contribution in [1.29, 1.82) is 0 Å². The van der Waals surface area contributed by atoms with E-state index in [1.807, 2.05) is 12.1 Å². The molecule has 1 amide bonds. The molecule has 1 saturated heterocycles. The van der Waals surface area contributed by atoms with Gasteiger partial charge in [0, 0.05) is 37.7 Å². The second kappa shape index (κ2) is 8.45. The summed E-state index contributed by atoms with van der Waals surface area (Å²) in [6, 6.07) is 11.0. The van der Waals surface area contributed by atoms with Gasteiger partial charge in [0.15, 0.2) is 11.5 Å². The Balaban J connectivity index is 1.28. The van der Waals surface area contributed by atoms with Crippen LogP contribution in [0.1, 0.15) is 66.1 Å². The van der Waals surface area contributed by atoms with Crippen molar-refractivity contribution in [2.24, 2.45) is 5.92 Å². The van der Waals surface area contributed by atoms with Crippen LogP contribution in [0.25, 0.3) is 0 Å². The fourth-order valence-electron chi connectivity index (χ4n) is 8.32. The average Bonchev–Trinajstić information content (AvgIpc) is 3.63. The van der Waals surface area contributed by atoms with Gasteiger partial charge in [-0.05, 0) is 80.3 Å². The Bertz CT molecular complexity index is 1310. The van der Waals surface area contributed by atoms with Gasteiger partial charge in [0.2, 0.25) is 5.91 Å². The predicted molar refractivity (Wildman–Crippen MR) is 140 cm³/mol. The molecular weight excluding hydrogens is 482 g/mol. The second-order valence-corrected chi connectivity index (χ2v) is 12.0. The van der Waals surface area contributed by atoms with Crippen LogP contribution in [-0.2, 0) is 23.2 Å². The average molecular weight is 518 g/mol. The molecule has 2 aliphatic heterocycles. The molecule has 2 bridgehead atoms. The van der Waals surface area contributed by atoms with Crippen molar-refractivity contribution in [3.8, 4) is 11.5 Å². The van der Waals surface area contributed by atoms with E-state index >= 15 is 0 Å². The molecule has 2 heterocycles.